The van der Waals surface area contributed by atoms with E-state index in [9.17, 15) is 8.42 Å². The molecule has 102 valence electrons. The van der Waals surface area contributed by atoms with Gasteiger partial charge in [0.2, 0.25) is 0 Å². The Balaban J connectivity index is 2.34. The van der Waals surface area contributed by atoms with Gasteiger partial charge in [0.15, 0.2) is 0 Å². The first kappa shape index (κ1) is 15.0. The van der Waals surface area contributed by atoms with Gasteiger partial charge in [0.1, 0.15) is 4.90 Å². The molecule has 19 heavy (non-hydrogen) atoms. The molecule has 8 heteroatoms. The van der Waals surface area contributed by atoms with Crippen LogP contribution in [0.5, 0.6) is 0 Å². The molecule has 0 bridgehead atoms. The summed E-state index contributed by atoms with van der Waals surface area (Å²) in [6, 6.07) is 8.55. The van der Waals surface area contributed by atoms with E-state index in [0.717, 1.165) is 9.35 Å². The van der Waals surface area contributed by atoms with Crippen LogP contribution in [0.15, 0.2) is 43.5 Å². The van der Waals surface area contributed by atoms with Crippen LogP contribution in [-0.2, 0) is 16.6 Å². The number of hydrogen-bond acceptors (Lipinski definition) is 4. The number of rotatable bonds is 4. The van der Waals surface area contributed by atoms with E-state index in [-0.39, 0.29) is 4.90 Å². The first-order valence-corrected chi connectivity index (χ1v) is 9.07. The van der Waals surface area contributed by atoms with E-state index >= 15 is 0 Å². The SMILES string of the molecule is NCc1cc(S(=O)(=O)Nc2cccc(Br)c2)c(Br)s1. The van der Waals surface area contributed by atoms with E-state index in [1.165, 1.54) is 11.3 Å². The topological polar surface area (TPSA) is 72.2 Å². The standard InChI is InChI=1S/C11H10Br2N2O2S2/c12-7-2-1-3-8(4-7)15-19(16,17)10-5-9(6-14)18-11(10)13/h1-5,15H,6,14H2. The van der Waals surface area contributed by atoms with Gasteiger partial charge in [0.05, 0.1) is 3.79 Å². The van der Waals surface area contributed by atoms with Crippen molar-refractivity contribution in [1.82, 2.24) is 0 Å². The van der Waals surface area contributed by atoms with Gasteiger partial charge in [-0.15, -0.1) is 11.3 Å². The van der Waals surface area contributed by atoms with Crippen LogP contribution in [0.3, 0.4) is 0 Å². The second-order valence-corrected chi connectivity index (χ2v) is 8.69. The van der Waals surface area contributed by atoms with Crippen molar-refractivity contribution in [3.63, 3.8) is 0 Å². The van der Waals surface area contributed by atoms with Crippen LogP contribution in [0.1, 0.15) is 4.88 Å². The van der Waals surface area contributed by atoms with Crippen LogP contribution in [0.25, 0.3) is 0 Å². The number of hydrogen-bond donors (Lipinski definition) is 2. The summed E-state index contributed by atoms with van der Waals surface area (Å²) < 4.78 is 28.4. The molecule has 0 saturated heterocycles. The van der Waals surface area contributed by atoms with Crippen molar-refractivity contribution < 1.29 is 8.42 Å². The van der Waals surface area contributed by atoms with Crippen LogP contribution in [-0.4, -0.2) is 8.42 Å². The van der Waals surface area contributed by atoms with Crippen molar-refractivity contribution in [2.24, 2.45) is 5.73 Å². The van der Waals surface area contributed by atoms with Crippen LogP contribution in [0.4, 0.5) is 5.69 Å². The van der Waals surface area contributed by atoms with E-state index in [1.807, 2.05) is 6.07 Å². The van der Waals surface area contributed by atoms with Gasteiger partial charge in [-0.1, -0.05) is 22.0 Å². The summed E-state index contributed by atoms with van der Waals surface area (Å²) in [5, 5.41) is 0. The quantitative estimate of drug-likeness (QED) is 0.786. The average Bonchev–Trinajstić information content (AvgIpc) is 2.71. The highest BCUT2D eigenvalue weighted by Gasteiger charge is 2.20. The van der Waals surface area contributed by atoms with Crippen molar-refractivity contribution in [2.75, 3.05) is 4.72 Å². The minimum absolute atomic E-state index is 0.206. The van der Waals surface area contributed by atoms with Gasteiger partial charge in [0.25, 0.3) is 10.0 Å². The number of thiophene rings is 1. The predicted octanol–water partition coefficient (Wildman–Crippen LogP) is 3.53. The van der Waals surface area contributed by atoms with Crippen molar-refractivity contribution in [3.8, 4) is 0 Å². The number of sulfonamides is 1. The number of anilines is 1. The van der Waals surface area contributed by atoms with Gasteiger partial charge in [-0.05, 0) is 40.2 Å². The molecule has 0 atom stereocenters. The lowest BCUT2D eigenvalue weighted by Gasteiger charge is -2.07. The molecule has 0 fully saturated rings. The molecule has 1 heterocycles. The molecule has 0 aliphatic carbocycles. The maximum Gasteiger partial charge on any atom is 0.263 e. The maximum atomic E-state index is 12.3. The zero-order chi connectivity index (χ0) is 14.0. The maximum absolute atomic E-state index is 12.3. The lowest BCUT2D eigenvalue weighted by atomic mass is 10.3. The monoisotopic (exact) mass is 424 g/mol. The molecular formula is C11H10Br2N2O2S2. The molecule has 0 spiro atoms. The fourth-order valence-electron chi connectivity index (χ4n) is 1.44. The zero-order valence-corrected chi connectivity index (χ0v) is 14.4. The van der Waals surface area contributed by atoms with Crippen LogP contribution in [0, 0.1) is 0 Å². The fraction of sp³-hybridized carbons (Fsp3) is 0.0909. The van der Waals surface area contributed by atoms with Crippen molar-refractivity contribution in [3.05, 3.63) is 43.5 Å². The van der Waals surface area contributed by atoms with Gasteiger partial charge in [-0.2, -0.15) is 0 Å². The molecule has 0 radical (unpaired) electrons. The van der Waals surface area contributed by atoms with Gasteiger partial charge >= 0.3 is 0 Å². The molecule has 4 nitrogen and oxygen atoms in total. The smallest absolute Gasteiger partial charge is 0.263 e. The summed E-state index contributed by atoms with van der Waals surface area (Å²) in [4.78, 5) is 1.01. The molecule has 0 saturated carbocycles. The van der Waals surface area contributed by atoms with Gasteiger partial charge in [-0.3, -0.25) is 4.72 Å². The number of benzene rings is 1. The van der Waals surface area contributed by atoms with Gasteiger partial charge in [-0.25, -0.2) is 8.42 Å². The minimum atomic E-state index is -3.61. The molecule has 3 N–H and O–H groups in total. The highest BCUT2D eigenvalue weighted by atomic mass is 79.9. The third kappa shape index (κ3) is 3.57. The Bertz CT molecular complexity index is 698. The number of halogens is 2. The fourth-order valence-corrected chi connectivity index (χ4v) is 5.45. The molecule has 1 aromatic carbocycles. The van der Waals surface area contributed by atoms with Crippen LogP contribution < -0.4 is 10.5 Å². The minimum Gasteiger partial charge on any atom is -0.326 e. The predicted molar refractivity (Wildman–Crippen MR) is 84.9 cm³/mol. The zero-order valence-electron chi connectivity index (χ0n) is 9.56. The average molecular weight is 426 g/mol. The Hall–Kier alpha value is -0.410. The molecule has 1 aromatic heterocycles. The second-order valence-electron chi connectivity index (χ2n) is 3.67. The largest absolute Gasteiger partial charge is 0.326 e. The Morgan fingerprint density at radius 1 is 1.26 bits per heavy atom. The van der Waals surface area contributed by atoms with E-state index in [0.29, 0.717) is 16.0 Å². The Labute approximate surface area is 132 Å². The number of nitrogens with one attached hydrogen (secondary N) is 1. The second kappa shape index (κ2) is 5.92. The third-order valence-electron chi connectivity index (χ3n) is 2.27. The Morgan fingerprint density at radius 3 is 2.58 bits per heavy atom. The van der Waals surface area contributed by atoms with Gasteiger partial charge < -0.3 is 5.73 Å². The van der Waals surface area contributed by atoms with Crippen molar-refractivity contribution >= 4 is 58.9 Å². The molecule has 2 rings (SSSR count). The Kier molecular flexibility index (Phi) is 4.67. The molecule has 0 aliphatic heterocycles. The first-order valence-electron chi connectivity index (χ1n) is 5.19. The summed E-state index contributed by atoms with van der Waals surface area (Å²) in [5.41, 5.74) is 6.02. The molecule has 0 aliphatic rings. The van der Waals surface area contributed by atoms with E-state index in [2.05, 4.69) is 36.6 Å². The lowest BCUT2D eigenvalue weighted by molar-refractivity contribution is 0.601. The highest BCUT2D eigenvalue weighted by molar-refractivity contribution is 9.11. The van der Waals surface area contributed by atoms with Crippen molar-refractivity contribution in [2.45, 2.75) is 11.4 Å². The summed E-state index contributed by atoms with van der Waals surface area (Å²) in [5.74, 6) is 0. The van der Waals surface area contributed by atoms with Crippen LogP contribution >= 0.6 is 43.2 Å². The lowest BCUT2D eigenvalue weighted by Crippen LogP contribution is -2.12. The van der Waals surface area contributed by atoms with Gasteiger partial charge in [0, 0.05) is 21.6 Å². The molecule has 0 amide bonds. The summed E-state index contributed by atoms with van der Waals surface area (Å²) >= 11 is 7.87. The molecule has 0 unspecified atom stereocenters. The summed E-state index contributed by atoms with van der Waals surface area (Å²) in [6.45, 7) is 0.315. The first-order chi connectivity index (χ1) is 8.92. The normalized spacial score (nSPS) is 11.5. The molecular weight excluding hydrogens is 416 g/mol. The number of nitrogens with two attached hydrogens (primary N) is 1. The third-order valence-corrected chi connectivity index (χ3v) is 6.42. The highest BCUT2D eigenvalue weighted by Crippen LogP contribution is 2.32. The van der Waals surface area contributed by atoms with E-state index in [1.54, 1.807) is 24.3 Å². The van der Waals surface area contributed by atoms with Crippen LogP contribution in [0.2, 0.25) is 0 Å². The van der Waals surface area contributed by atoms with E-state index < -0.39 is 10.0 Å². The molecule has 2 aromatic rings. The summed E-state index contributed by atoms with van der Waals surface area (Å²) in [7, 11) is -3.61. The summed E-state index contributed by atoms with van der Waals surface area (Å²) in [6.07, 6.45) is 0. The van der Waals surface area contributed by atoms with E-state index in [4.69, 9.17) is 5.73 Å². The Morgan fingerprint density at radius 2 is 2.00 bits per heavy atom. The van der Waals surface area contributed by atoms with Crippen molar-refractivity contribution in [1.29, 1.82) is 0 Å².